The van der Waals surface area contributed by atoms with Gasteiger partial charge < -0.3 is 21.3 Å². The molecule has 1 saturated heterocycles. The average Bonchev–Trinajstić information content (AvgIpc) is 3.33. The first-order chi connectivity index (χ1) is 19.7. The lowest BCUT2D eigenvalue weighted by atomic mass is 9.70. The lowest BCUT2D eigenvalue weighted by Gasteiger charge is -2.38. The third-order valence-corrected chi connectivity index (χ3v) is 8.14. The Kier molecular flexibility index (Phi) is 6.04. The number of carbonyl (C=O) groups excluding carboxylic acids is 5. The molecule has 0 aromatic carbocycles. The standard InChI is InChI=1S/C29H48N4O5/c1-15-10-16(11-15)12-17(22(35)24(30)36)13-19(34)21-20-18(29(20,8)9)14-33(21)25(37)23(27(2,3)4)31-26(38)32-28(5,6)7/h15-18,20-21,23H,10-14H2,1-9H3,(H2,30,36)(H2,31,32,38)/t15?,16?,17?,18-,20-,21+,23+/m0/s1/i8D3,9D3. The van der Waals surface area contributed by atoms with E-state index < -0.39 is 95.7 Å². The second-order valence-corrected chi connectivity index (χ2v) is 13.9. The normalized spacial score (nSPS) is 32.4. The van der Waals surface area contributed by atoms with Crippen LogP contribution in [0.5, 0.6) is 0 Å². The Hall–Kier alpha value is -2.45. The fraction of sp³-hybridized carbons (Fsp3) is 0.828. The van der Waals surface area contributed by atoms with Gasteiger partial charge in [0.15, 0.2) is 5.78 Å². The molecule has 3 fully saturated rings. The Morgan fingerprint density at radius 3 is 2.16 bits per heavy atom. The Morgan fingerprint density at radius 2 is 1.68 bits per heavy atom. The predicted molar refractivity (Wildman–Crippen MR) is 145 cm³/mol. The molecule has 2 saturated carbocycles. The van der Waals surface area contributed by atoms with Crippen LogP contribution in [0.1, 0.15) is 96.1 Å². The number of hydrogen-bond acceptors (Lipinski definition) is 5. The van der Waals surface area contributed by atoms with Crippen LogP contribution >= 0.6 is 0 Å². The third kappa shape index (κ3) is 6.40. The molecule has 4 N–H and O–H groups in total. The Bertz CT molecular complexity index is 1170. The van der Waals surface area contributed by atoms with Gasteiger partial charge in [-0.1, -0.05) is 41.4 Å². The van der Waals surface area contributed by atoms with Gasteiger partial charge in [0.05, 0.1) is 6.04 Å². The fourth-order valence-electron chi connectivity index (χ4n) is 6.17. The number of nitrogens with zero attached hydrogens (tertiary/aromatic N) is 1. The van der Waals surface area contributed by atoms with Crippen molar-refractivity contribution in [2.24, 2.45) is 46.2 Å². The van der Waals surface area contributed by atoms with Gasteiger partial charge in [0.2, 0.25) is 11.7 Å². The van der Waals surface area contributed by atoms with E-state index in [-0.39, 0.29) is 18.9 Å². The summed E-state index contributed by atoms with van der Waals surface area (Å²) in [7, 11) is 0. The second kappa shape index (κ2) is 10.3. The second-order valence-electron chi connectivity index (χ2n) is 13.9. The van der Waals surface area contributed by atoms with Gasteiger partial charge in [0.1, 0.15) is 6.04 Å². The molecule has 2 aliphatic carbocycles. The summed E-state index contributed by atoms with van der Waals surface area (Å²) in [5, 5.41) is 5.43. The molecule has 4 amide bonds. The summed E-state index contributed by atoms with van der Waals surface area (Å²) >= 11 is 0. The summed E-state index contributed by atoms with van der Waals surface area (Å²) in [5.41, 5.74) is 1.61. The van der Waals surface area contributed by atoms with E-state index in [2.05, 4.69) is 10.6 Å². The zero-order valence-electron chi connectivity index (χ0n) is 29.6. The molecule has 3 rings (SSSR count). The molecule has 1 heterocycles. The fourth-order valence-corrected chi connectivity index (χ4v) is 6.17. The maximum Gasteiger partial charge on any atom is 0.315 e. The van der Waals surface area contributed by atoms with E-state index in [9.17, 15) is 24.0 Å². The van der Waals surface area contributed by atoms with E-state index in [1.807, 2.05) is 6.92 Å². The Morgan fingerprint density at radius 1 is 1.08 bits per heavy atom. The van der Waals surface area contributed by atoms with Crippen molar-refractivity contribution in [1.29, 1.82) is 0 Å². The Balaban J connectivity index is 2.02. The number of likely N-dealkylation sites (tertiary alicyclic amines) is 1. The molecule has 1 unspecified atom stereocenters. The molecule has 0 spiro atoms. The first-order valence-corrected chi connectivity index (χ1v) is 13.5. The molecule has 0 aromatic rings. The number of urea groups is 1. The zero-order chi connectivity index (χ0) is 34.0. The highest BCUT2D eigenvalue weighted by molar-refractivity contribution is 6.36. The van der Waals surface area contributed by atoms with Crippen molar-refractivity contribution >= 4 is 29.4 Å². The van der Waals surface area contributed by atoms with Crippen LogP contribution in [0.3, 0.4) is 0 Å². The number of fused-ring (bicyclic) bond motifs is 1. The van der Waals surface area contributed by atoms with Crippen molar-refractivity contribution in [3.8, 4) is 0 Å². The van der Waals surface area contributed by atoms with Gasteiger partial charge in [0, 0.05) is 32.6 Å². The van der Waals surface area contributed by atoms with Crippen LogP contribution in [0, 0.1) is 40.4 Å². The molecule has 214 valence electrons. The number of nitrogens with two attached hydrogens (primary N) is 1. The number of primary amides is 1. The van der Waals surface area contributed by atoms with E-state index in [0.717, 1.165) is 12.8 Å². The highest BCUT2D eigenvalue weighted by atomic mass is 16.2. The number of carbonyl (C=O) groups is 5. The molecule has 0 radical (unpaired) electrons. The van der Waals surface area contributed by atoms with E-state index in [1.54, 1.807) is 41.5 Å². The number of rotatable bonds is 9. The number of hydrogen-bond donors (Lipinski definition) is 3. The van der Waals surface area contributed by atoms with Gasteiger partial charge in [-0.3, -0.25) is 19.2 Å². The minimum atomic E-state index is -2.97. The molecule has 0 aromatic heterocycles. The van der Waals surface area contributed by atoms with Gasteiger partial charge in [-0.25, -0.2) is 4.79 Å². The minimum absolute atomic E-state index is 0.0979. The third-order valence-electron chi connectivity index (χ3n) is 8.14. The van der Waals surface area contributed by atoms with Crippen molar-refractivity contribution in [3.63, 3.8) is 0 Å². The summed E-state index contributed by atoms with van der Waals surface area (Å²) in [6.07, 6.45) is 1.37. The summed E-state index contributed by atoms with van der Waals surface area (Å²) in [4.78, 5) is 67.1. The maximum absolute atomic E-state index is 14.2. The van der Waals surface area contributed by atoms with Crippen LogP contribution in [-0.2, 0) is 19.2 Å². The summed E-state index contributed by atoms with van der Waals surface area (Å²) in [5.74, 6) is -6.28. The number of piperidine rings is 1. The molecule has 1 aliphatic heterocycles. The van der Waals surface area contributed by atoms with Gasteiger partial charge in [-0.05, 0) is 74.5 Å². The topological polar surface area (TPSA) is 139 Å². The smallest absolute Gasteiger partial charge is 0.315 e. The summed E-state index contributed by atoms with van der Waals surface area (Å²) in [6, 6.07) is -3.26. The highest BCUT2D eigenvalue weighted by Crippen LogP contribution is 2.65. The van der Waals surface area contributed by atoms with Crippen molar-refractivity contribution in [1.82, 2.24) is 15.5 Å². The van der Waals surface area contributed by atoms with Crippen molar-refractivity contribution in [3.05, 3.63) is 0 Å². The summed E-state index contributed by atoms with van der Waals surface area (Å²) in [6.45, 7) is 6.24. The molecule has 9 nitrogen and oxygen atoms in total. The van der Waals surface area contributed by atoms with Crippen molar-refractivity contribution in [2.45, 2.75) is 105 Å². The predicted octanol–water partition coefficient (Wildman–Crippen LogP) is 3.05. The molecule has 0 bridgehead atoms. The molecule has 9 heteroatoms. The van der Waals surface area contributed by atoms with E-state index in [1.165, 1.54) is 4.90 Å². The van der Waals surface area contributed by atoms with Crippen LogP contribution in [0.25, 0.3) is 0 Å². The Labute approximate surface area is 235 Å². The number of ketones is 2. The zero-order valence-corrected chi connectivity index (χ0v) is 23.6. The SMILES string of the molecule is [2H]C([2H])([2H])C1(C([2H])([2H])[2H])[C@@H]2[C@@H](C(=O)CC(CC3CC(C)C3)C(=O)C(N)=O)N(C(=O)[C@@H](NC(=O)NC(C)(C)C)C(C)(C)C)C[C@@H]21. The van der Waals surface area contributed by atoms with E-state index in [4.69, 9.17) is 14.0 Å². The van der Waals surface area contributed by atoms with Gasteiger partial charge in [0.25, 0.3) is 5.91 Å². The molecule has 5 atom stereocenters. The molecular formula is C29H48N4O5. The number of nitrogens with one attached hydrogen (secondary N) is 2. The van der Waals surface area contributed by atoms with Crippen LogP contribution in [0.4, 0.5) is 4.79 Å². The number of amides is 4. The lowest BCUT2D eigenvalue weighted by molar-refractivity contribution is -0.144. The van der Waals surface area contributed by atoms with Crippen molar-refractivity contribution < 1.29 is 32.2 Å². The lowest BCUT2D eigenvalue weighted by Crippen LogP contribution is -2.60. The number of Topliss-reactive ketones (excluding diaryl/α,β-unsaturated/α-hetero) is 2. The largest absolute Gasteiger partial charge is 0.363 e. The monoisotopic (exact) mass is 538 g/mol. The van der Waals surface area contributed by atoms with Crippen LogP contribution in [0.2, 0.25) is 0 Å². The van der Waals surface area contributed by atoms with Crippen LogP contribution in [0.15, 0.2) is 0 Å². The van der Waals surface area contributed by atoms with E-state index >= 15 is 0 Å². The summed E-state index contributed by atoms with van der Waals surface area (Å²) < 4.78 is 49.2. The van der Waals surface area contributed by atoms with E-state index in [0.29, 0.717) is 5.92 Å². The first kappa shape index (κ1) is 22.4. The minimum Gasteiger partial charge on any atom is -0.363 e. The van der Waals surface area contributed by atoms with Crippen LogP contribution in [-0.4, -0.2) is 58.5 Å². The van der Waals surface area contributed by atoms with Gasteiger partial charge >= 0.3 is 6.03 Å². The van der Waals surface area contributed by atoms with Crippen molar-refractivity contribution in [2.75, 3.05) is 6.54 Å². The first-order valence-electron chi connectivity index (χ1n) is 16.5. The quantitative estimate of drug-likeness (QED) is 0.387. The molecular weight excluding hydrogens is 484 g/mol. The highest BCUT2D eigenvalue weighted by Gasteiger charge is 2.69. The molecule has 38 heavy (non-hydrogen) atoms. The van der Waals surface area contributed by atoms with Gasteiger partial charge in [-0.15, -0.1) is 0 Å². The maximum atomic E-state index is 14.2. The van der Waals surface area contributed by atoms with Crippen LogP contribution < -0.4 is 16.4 Å². The molecule has 3 aliphatic rings. The average molecular weight is 539 g/mol. The van der Waals surface area contributed by atoms with Gasteiger partial charge in [-0.2, -0.15) is 0 Å².